The van der Waals surface area contributed by atoms with E-state index in [0.717, 1.165) is 0 Å². The Kier molecular flexibility index (Phi) is 6.84. The van der Waals surface area contributed by atoms with Crippen molar-refractivity contribution in [3.05, 3.63) is 29.8 Å². The molecule has 1 unspecified atom stereocenters. The fraction of sp³-hybridized carbons (Fsp3) is 0.500. The molecule has 0 aromatic heterocycles. The highest BCUT2D eigenvalue weighted by Gasteiger charge is 2.25. The van der Waals surface area contributed by atoms with E-state index in [2.05, 4.69) is 10.6 Å². The van der Waals surface area contributed by atoms with Gasteiger partial charge in [-0.15, -0.1) is 0 Å². The van der Waals surface area contributed by atoms with Gasteiger partial charge in [-0.2, -0.15) is 0 Å². The second-order valence-electron chi connectivity index (χ2n) is 5.82. The summed E-state index contributed by atoms with van der Waals surface area (Å²) in [6, 6.07) is 5.61. The number of carbonyl (C=O) groups excluding carboxylic acids is 2. The Labute approximate surface area is 136 Å². The maximum Gasteiger partial charge on any atom is 0.408 e. The van der Waals surface area contributed by atoms with E-state index in [0.29, 0.717) is 17.9 Å². The third-order valence-electron chi connectivity index (χ3n) is 2.72. The lowest BCUT2D eigenvalue weighted by Gasteiger charge is -2.23. The molecule has 0 heterocycles. The predicted molar refractivity (Wildman–Crippen MR) is 85.0 cm³/mol. The van der Waals surface area contributed by atoms with Gasteiger partial charge in [0.2, 0.25) is 5.91 Å². The van der Waals surface area contributed by atoms with Crippen LogP contribution in [-0.2, 0) is 9.53 Å². The van der Waals surface area contributed by atoms with Crippen molar-refractivity contribution >= 4 is 12.0 Å². The molecule has 0 spiro atoms. The number of aliphatic hydroxyl groups is 1. The molecule has 7 heteroatoms. The highest BCUT2D eigenvalue weighted by molar-refractivity contribution is 5.86. The highest BCUT2D eigenvalue weighted by atomic mass is 16.6. The first-order valence-corrected chi connectivity index (χ1v) is 7.37. The van der Waals surface area contributed by atoms with Crippen LogP contribution in [0.5, 0.6) is 5.75 Å². The van der Waals surface area contributed by atoms with E-state index < -0.39 is 24.5 Å². The lowest BCUT2D eigenvalue weighted by Crippen LogP contribution is -2.42. The number of alkyl carbamates (subject to hydrolysis) is 1. The summed E-state index contributed by atoms with van der Waals surface area (Å²) < 4.78 is 10.1. The summed E-state index contributed by atoms with van der Waals surface area (Å²) in [5, 5.41) is 14.0. The quantitative estimate of drug-likeness (QED) is 0.692. The summed E-state index contributed by atoms with van der Waals surface area (Å²) in [6.07, 6.45) is -0.676. The number of aliphatic hydroxyl groups excluding tert-OH is 1. The van der Waals surface area contributed by atoms with Crippen LogP contribution >= 0.6 is 0 Å². The van der Waals surface area contributed by atoms with Gasteiger partial charge in [0, 0.05) is 6.54 Å². The molecule has 23 heavy (non-hydrogen) atoms. The van der Waals surface area contributed by atoms with Crippen molar-refractivity contribution in [3.8, 4) is 5.75 Å². The van der Waals surface area contributed by atoms with Gasteiger partial charge in [-0.05, 0) is 45.4 Å². The van der Waals surface area contributed by atoms with Gasteiger partial charge in [-0.25, -0.2) is 4.79 Å². The van der Waals surface area contributed by atoms with E-state index in [9.17, 15) is 9.59 Å². The Morgan fingerprint density at radius 2 is 1.83 bits per heavy atom. The van der Waals surface area contributed by atoms with Gasteiger partial charge < -0.3 is 25.2 Å². The first kappa shape index (κ1) is 18.8. The first-order valence-electron chi connectivity index (χ1n) is 7.37. The molecular formula is C16H24N2O5. The van der Waals surface area contributed by atoms with Crippen LogP contribution in [0.4, 0.5) is 4.79 Å². The molecular weight excluding hydrogens is 300 g/mol. The average Bonchev–Trinajstić information content (AvgIpc) is 2.44. The van der Waals surface area contributed by atoms with Gasteiger partial charge in [0.1, 0.15) is 17.4 Å². The predicted octanol–water partition coefficient (Wildman–Crippen LogP) is 1.72. The molecule has 0 aliphatic heterocycles. The van der Waals surface area contributed by atoms with Crippen LogP contribution in [0.15, 0.2) is 24.3 Å². The molecule has 0 saturated carbocycles. The third kappa shape index (κ3) is 6.56. The maximum absolute atomic E-state index is 12.2. The van der Waals surface area contributed by atoms with Crippen molar-refractivity contribution in [2.75, 3.05) is 13.3 Å². The minimum Gasteiger partial charge on any atom is -0.468 e. The third-order valence-corrected chi connectivity index (χ3v) is 2.72. The van der Waals surface area contributed by atoms with Crippen LogP contribution in [0.3, 0.4) is 0 Å². The molecule has 128 valence electrons. The van der Waals surface area contributed by atoms with Crippen LogP contribution in [0.25, 0.3) is 0 Å². The maximum atomic E-state index is 12.2. The summed E-state index contributed by atoms with van der Waals surface area (Å²) in [4.78, 5) is 24.2. The normalized spacial score (nSPS) is 12.2. The molecule has 7 nitrogen and oxygen atoms in total. The fourth-order valence-electron chi connectivity index (χ4n) is 1.83. The van der Waals surface area contributed by atoms with Gasteiger partial charge in [0.15, 0.2) is 6.79 Å². The van der Waals surface area contributed by atoms with Crippen LogP contribution in [0.1, 0.15) is 39.3 Å². The number of nitrogens with one attached hydrogen (secondary N) is 2. The Morgan fingerprint density at radius 3 is 2.30 bits per heavy atom. The van der Waals surface area contributed by atoms with Crippen molar-refractivity contribution in [1.29, 1.82) is 0 Å². The van der Waals surface area contributed by atoms with Crippen LogP contribution in [-0.4, -0.2) is 36.0 Å². The van der Waals surface area contributed by atoms with Gasteiger partial charge in [-0.1, -0.05) is 12.1 Å². The van der Waals surface area contributed by atoms with Crippen LogP contribution in [0.2, 0.25) is 0 Å². The number of amides is 2. The zero-order valence-electron chi connectivity index (χ0n) is 13.9. The van der Waals surface area contributed by atoms with Crippen molar-refractivity contribution in [1.82, 2.24) is 10.6 Å². The van der Waals surface area contributed by atoms with Crippen LogP contribution < -0.4 is 15.4 Å². The smallest absolute Gasteiger partial charge is 0.408 e. The van der Waals surface area contributed by atoms with Crippen molar-refractivity contribution in [3.63, 3.8) is 0 Å². The van der Waals surface area contributed by atoms with Crippen LogP contribution in [0, 0.1) is 0 Å². The van der Waals surface area contributed by atoms with E-state index in [1.54, 1.807) is 52.0 Å². The zero-order chi connectivity index (χ0) is 17.5. The molecule has 1 rings (SSSR count). The number of hydrogen-bond donors (Lipinski definition) is 3. The lowest BCUT2D eigenvalue weighted by molar-refractivity contribution is -0.123. The topological polar surface area (TPSA) is 96.9 Å². The summed E-state index contributed by atoms with van der Waals surface area (Å²) in [6.45, 7) is 7.03. The second kappa shape index (κ2) is 8.38. The Hall–Kier alpha value is -2.28. The van der Waals surface area contributed by atoms with Crippen molar-refractivity contribution < 1.29 is 24.2 Å². The molecule has 0 fully saturated rings. The lowest BCUT2D eigenvalue weighted by atomic mass is 10.1. The van der Waals surface area contributed by atoms with Gasteiger partial charge in [0.05, 0.1) is 0 Å². The van der Waals surface area contributed by atoms with Gasteiger partial charge in [0.25, 0.3) is 0 Å². The standard InChI is InChI=1S/C16H24N2O5/c1-5-17-14(20)13(18-15(21)23-16(2,3)4)11-6-8-12(9-7-11)22-10-19/h6-9,13,19H,5,10H2,1-4H3,(H,17,20)(H,18,21). The summed E-state index contributed by atoms with van der Waals surface area (Å²) >= 11 is 0. The average molecular weight is 324 g/mol. The molecule has 1 aromatic rings. The number of benzene rings is 1. The Morgan fingerprint density at radius 1 is 1.22 bits per heavy atom. The number of rotatable bonds is 6. The summed E-state index contributed by atoms with van der Waals surface area (Å²) in [5.41, 5.74) is -0.0820. The Bertz CT molecular complexity index is 522. The number of carbonyl (C=O) groups is 2. The second-order valence-corrected chi connectivity index (χ2v) is 5.82. The first-order chi connectivity index (χ1) is 10.8. The Balaban J connectivity index is 2.91. The number of likely N-dealkylation sites (N-methyl/N-ethyl adjacent to an activating group) is 1. The monoisotopic (exact) mass is 324 g/mol. The minimum absolute atomic E-state index is 0.339. The molecule has 0 bridgehead atoms. The van der Waals surface area contributed by atoms with E-state index >= 15 is 0 Å². The summed E-state index contributed by atoms with van der Waals surface area (Å²) in [5.74, 6) is 0.123. The highest BCUT2D eigenvalue weighted by Crippen LogP contribution is 2.19. The molecule has 2 amide bonds. The minimum atomic E-state index is -0.882. The molecule has 0 aliphatic rings. The van der Waals surface area contributed by atoms with E-state index in [4.69, 9.17) is 14.6 Å². The molecule has 3 N–H and O–H groups in total. The molecule has 0 aliphatic carbocycles. The molecule has 1 aromatic carbocycles. The van der Waals surface area contributed by atoms with E-state index in [1.165, 1.54) is 0 Å². The molecule has 0 saturated heterocycles. The fourth-order valence-corrected chi connectivity index (χ4v) is 1.83. The van der Waals surface area contributed by atoms with E-state index in [-0.39, 0.29) is 5.91 Å². The molecule has 1 atom stereocenters. The number of ether oxygens (including phenoxy) is 2. The van der Waals surface area contributed by atoms with Gasteiger partial charge >= 0.3 is 6.09 Å². The van der Waals surface area contributed by atoms with Crippen molar-refractivity contribution in [2.24, 2.45) is 0 Å². The van der Waals surface area contributed by atoms with Gasteiger partial charge in [-0.3, -0.25) is 4.79 Å². The number of hydrogen-bond acceptors (Lipinski definition) is 5. The largest absolute Gasteiger partial charge is 0.468 e. The zero-order valence-corrected chi connectivity index (χ0v) is 13.9. The summed E-state index contributed by atoms with van der Waals surface area (Å²) in [7, 11) is 0. The molecule has 0 radical (unpaired) electrons. The SMILES string of the molecule is CCNC(=O)C(NC(=O)OC(C)(C)C)c1ccc(OCO)cc1. The van der Waals surface area contributed by atoms with E-state index in [1.807, 2.05) is 0 Å². The van der Waals surface area contributed by atoms with Crippen molar-refractivity contribution in [2.45, 2.75) is 39.3 Å².